The van der Waals surface area contributed by atoms with E-state index in [0.717, 1.165) is 11.4 Å². The maximum atomic E-state index is 12.5. The van der Waals surface area contributed by atoms with Gasteiger partial charge in [-0.15, -0.1) is 0 Å². The van der Waals surface area contributed by atoms with Crippen LogP contribution in [-0.2, 0) is 32.7 Å². The van der Waals surface area contributed by atoms with Crippen LogP contribution in [0.3, 0.4) is 0 Å². The van der Waals surface area contributed by atoms with E-state index in [9.17, 15) is 14.2 Å². The maximum Gasteiger partial charge on any atom is 0.389 e. The molecule has 0 aromatic carbocycles. The first-order valence-electron chi connectivity index (χ1n) is 7.29. The molecule has 0 fully saturated rings. The highest BCUT2D eigenvalue weighted by atomic mass is 32.7. The lowest BCUT2D eigenvalue weighted by molar-refractivity contribution is -0.145. The highest BCUT2D eigenvalue weighted by Crippen LogP contribution is 2.62. The Bertz CT molecular complexity index is 359. The molecule has 130 valence electrons. The van der Waals surface area contributed by atoms with Gasteiger partial charge in [-0.2, -0.15) is 0 Å². The molecule has 0 aromatic rings. The third-order valence-corrected chi connectivity index (χ3v) is 6.57. The molecular formula is C13H25O7PS. The van der Waals surface area contributed by atoms with Crippen molar-refractivity contribution in [3.8, 4) is 0 Å². The molecule has 0 saturated carbocycles. The van der Waals surface area contributed by atoms with E-state index in [-0.39, 0.29) is 51.2 Å². The second-order valence-electron chi connectivity index (χ2n) is 4.08. The Labute approximate surface area is 135 Å². The van der Waals surface area contributed by atoms with E-state index in [2.05, 4.69) is 0 Å². The number of hydrogen-bond donors (Lipinski definition) is 0. The van der Waals surface area contributed by atoms with Gasteiger partial charge in [-0.3, -0.25) is 9.59 Å². The molecule has 0 saturated heterocycles. The van der Waals surface area contributed by atoms with E-state index >= 15 is 0 Å². The summed E-state index contributed by atoms with van der Waals surface area (Å²) in [6, 6.07) is 0. The molecule has 9 heteroatoms. The number of carbonyl (C=O) groups is 2. The third kappa shape index (κ3) is 9.46. The molecule has 22 heavy (non-hydrogen) atoms. The standard InChI is InChI=1S/C13H25O7PS/c1-5-12(14)17-9-11(10-18-13(15)6-2)22-21(16,19-7-3)20-8-4/h11H,5-10H2,1-4H3. The largest absolute Gasteiger partial charge is 0.464 e. The molecule has 0 radical (unpaired) electrons. The van der Waals surface area contributed by atoms with E-state index in [1.54, 1.807) is 27.7 Å². The highest BCUT2D eigenvalue weighted by molar-refractivity contribution is 8.55. The summed E-state index contributed by atoms with van der Waals surface area (Å²) in [7, 11) is 0. The van der Waals surface area contributed by atoms with Gasteiger partial charge >= 0.3 is 18.7 Å². The van der Waals surface area contributed by atoms with Gasteiger partial charge in [0.1, 0.15) is 13.2 Å². The molecule has 0 amide bonds. The van der Waals surface area contributed by atoms with Crippen LogP contribution in [-0.4, -0.2) is 43.6 Å². The smallest absolute Gasteiger partial charge is 0.389 e. The van der Waals surface area contributed by atoms with Crippen molar-refractivity contribution >= 4 is 30.1 Å². The first kappa shape index (κ1) is 21.4. The van der Waals surface area contributed by atoms with Crippen LogP contribution in [0.2, 0.25) is 0 Å². The first-order chi connectivity index (χ1) is 10.4. The summed E-state index contributed by atoms with van der Waals surface area (Å²) in [4.78, 5) is 22.5. The molecule has 0 aliphatic carbocycles. The van der Waals surface area contributed by atoms with Crippen LogP contribution in [0.15, 0.2) is 0 Å². The van der Waals surface area contributed by atoms with Crippen LogP contribution in [0.1, 0.15) is 40.5 Å². The van der Waals surface area contributed by atoms with Crippen LogP contribution in [0.25, 0.3) is 0 Å². The lowest BCUT2D eigenvalue weighted by Crippen LogP contribution is -2.23. The Morgan fingerprint density at radius 2 is 1.32 bits per heavy atom. The summed E-state index contributed by atoms with van der Waals surface area (Å²) in [5.41, 5.74) is 0. The van der Waals surface area contributed by atoms with Gasteiger partial charge in [0, 0.05) is 12.8 Å². The van der Waals surface area contributed by atoms with Crippen LogP contribution < -0.4 is 0 Å². The van der Waals surface area contributed by atoms with E-state index in [1.807, 2.05) is 0 Å². The third-order valence-electron chi connectivity index (χ3n) is 2.29. The predicted octanol–water partition coefficient (Wildman–Crippen LogP) is 3.18. The van der Waals surface area contributed by atoms with Crippen LogP contribution in [0.4, 0.5) is 0 Å². The normalized spacial score (nSPS) is 11.5. The van der Waals surface area contributed by atoms with E-state index in [1.165, 1.54) is 0 Å². The molecule has 0 atom stereocenters. The van der Waals surface area contributed by atoms with Gasteiger partial charge in [0.15, 0.2) is 0 Å². The summed E-state index contributed by atoms with van der Waals surface area (Å²) in [6.07, 6.45) is 0.474. The average Bonchev–Trinajstić information content (AvgIpc) is 2.49. The number of carbonyl (C=O) groups excluding carboxylic acids is 2. The molecule has 0 unspecified atom stereocenters. The topological polar surface area (TPSA) is 88.1 Å². The van der Waals surface area contributed by atoms with Crippen LogP contribution in [0, 0.1) is 0 Å². The molecule has 0 bridgehead atoms. The fourth-order valence-electron chi connectivity index (χ4n) is 1.28. The fourth-order valence-corrected chi connectivity index (χ4v) is 5.19. The van der Waals surface area contributed by atoms with Gasteiger partial charge in [-0.05, 0) is 25.2 Å². The summed E-state index contributed by atoms with van der Waals surface area (Å²) in [5, 5.41) is -0.519. The second-order valence-corrected chi connectivity index (χ2v) is 8.35. The Morgan fingerprint density at radius 3 is 1.64 bits per heavy atom. The zero-order valence-corrected chi connectivity index (χ0v) is 15.2. The summed E-state index contributed by atoms with van der Waals surface area (Å²) >= 11 is 0.903. The average molecular weight is 356 g/mol. The Balaban J connectivity index is 4.75. The minimum Gasteiger partial charge on any atom is -0.464 e. The van der Waals surface area contributed by atoms with Crippen molar-refractivity contribution in [3.63, 3.8) is 0 Å². The summed E-state index contributed by atoms with van der Waals surface area (Å²) < 4.78 is 32.9. The Kier molecular flexibility index (Phi) is 11.6. The molecule has 0 rings (SSSR count). The van der Waals surface area contributed by atoms with Crippen molar-refractivity contribution in [1.29, 1.82) is 0 Å². The van der Waals surface area contributed by atoms with E-state index < -0.39 is 12.0 Å². The second kappa shape index (κ2) is 11.9. The lowest BCUT2D eigenvalue weighted by atomic mass is 10.4. The molecule has 0 aliphatic heterocycles. The first-order valence-corrected chi connectivity index (χ1v) is 10.3. The highest BCUT2D eigenvalue weighted by Gasteiger charge is 2.31. The molecule has 7 nitrogen and oxygen atoms in total. The minimum absolute atomic E-state index is 0.0293. The molecule has 0 spiro atoms. The van der Waals surface area contributed by atoms with Crippen molar-refractivity contribution in [3.05, 3.63) is 0 Å². The molecule has 0 heterocycles. The van der Waals surface area contributed by atoms with Gasteiger partial charge in [-0.25, -0.2) is 4.57 Å². The van der Waals surface area contributed by atoms with Crippen LogP contribution in [0.5, 0.6) is 0 Å². The van der Waals surface area contributed by atoms with Gasteiger partial charge in [-0.1, -0.05) is 13.8 Å². The Hall–Kier alpha value is -0.560. The molecule has 0 aromatic heterocycles. The number of ether oxygens (including phenoxy) is 2. The van der Waals surface area contributed by atoms with Gasteiger partial charge in [0.25, 0.3) is 0 Å². The molecular weight excluding hydrogens is 331 g/mol. The number of rotatable bonds is 12. The Morgan fingerprint density at radius 1 is 0.909 bits per heavy atom. The monoisotopic (exact) mass is 356 g/mol. The van der Waals surface area contributed by atoms with Crippen molar-refractivity contribution in [2.24, 2.45) is 0 Å². The van der Waals surface area contributed by atoms with Gasteiger partial charge in [0.2, 0.25) is 0 Å². The predicted molar refractivity (Wildman–Crippen MR) is 84.7 cm³/mol. The van der Waals surface area contributed by atoms with E-state index in [4.69, 9.17) is 18.5 Å². The van der Waals surface area contributed by atoms with Gasteiger partial charge in [0.05, 0.1) is 18.5 Å². The lowest BCUT2D eigenvalue weighted by Gasteiger charge is -2.22. The SMILES string of the molecule is CCOP(=O)(OCC)SC(COC(=O)CC)COC(=O)CC. The summed E-state index contributed by atoms with van der Waals surface area (Å²) in [6.45, 7) is 3.76. The molecule has 0 N–H and O–H groups in total. The summed E-state index contributed by atoms with van der Waals surface area (Å²) in [5.74, 6) is -0.759. The zero-order valence-electron chi connectivity index (χ0n) is 13.5. The fraction of sp³-hybridized carbons (Fsp3) is 0.846. The zero-order chi connectivity index (χ0) is 17.0. The number of esters is 2. The van der Waals surface area contributed by atoms with Gasteiger partial charge < -0.3 is 18.5 Å². The van der Waals surface area contributed by atoms with E-state index in [0.29, 0.717) is 0 Å². The van der Waals surface area contributed by atoms with Crippen molar-refractivity contribution in [2.45, 2.75) is 45.8 Å². The molecule has 0 aliphatic rings. The maximum absolute atomic E-state index is 12.5. The van der Waals surface area contributed by atoms with Crippen molar-refractivity contribution < 1.29 is 32.7 Å². The quantitative estimate of drug-likeness (QED) is 0.389. The minimum atomic E-state index is -3.38. The van der Waals surface area contributed by atoms with Crippen molar-refractivity contribution in [1.82, 2.24) is 0 Å². The number of hydrogen-bond acceptors (Lipinski definition) is 8. The van der Waals surface area contributed by atoms with Crippen LogP contribution >= 0.6 is 18.2 Å². The van der Waals surface area contributed by atoms with Crippen molar-refractivity contribution in [2.75, 3.05) is 26.4 Å².